The number of hydrogen-bond donors (Lipinski definition) is 2. The second kappa shape index (κ2) is 3.18. The zero-order valence-electron chi connectivity index (χ0n) is 6.99. The van der Waals surface area contributed by atoms with Gasteiger partial charge in [0.15, 0.2) is 0 Å². The van der Waals surface area contributed by atoms with Crippen molar-refractivity contribution >= 4 is 5.97 Å². The van der Waals surface area contributed by atoms with E-state index in [0.717, 1.165) is 6.42 Å². The van der Waals surface area contributed by atoms with Crippen LogP contribution in [0, 0.1) is 0 Å². The molecule has 0 aromatic carbocycles. The molecule has 1 aliphatic rings. The lowest BCUT2D eigenvalue weighted by Gasteiger charge is -2.04. The number of nitrogens with zero attached hydrogens (tertiary/aromatic N) is 1. The molecule has 1 fully saturated rings. The molecule has 70 valence electrons. The SMILES string of the molecule is O=C(O)c1cn[nH]c1C1CCOC1. The van der Waals surface area contributed by atoms with Crippen molar-refractivity contribution in [2.45, 2.75) is 12.3 Å². The molecule has 1 unspecified atom stereocenters. The molecule has 5 heteroatoms. The third kappa shape index (κ3) is 1.42. The Morgan fingerprint density at radius 3 is 3.23 bits per heavy atom. The van der Waals surface area contributed by atoms with Crippen molar-refractivity contribution in [2.75, 3.05) is 13.2 Å². The Hall–Kier alpha value is -1.36. The molecule has 0 bridgehead atoms. The average Bonchev–Trinajstić information content (AvgIpc) is 2.74. The fourth-order valence-corrected chi connectivity index (χ4v) is 1.54. The molecule has 1 atom stereocenters. The minimum absolute atomic E-state index is 0.161. The molecule has 0 aliphatic carbocycles. The van der Waals surface area contributed by atoms with E-state index in [1.54, 1.807) is 0 Å². The van der Waals surface area contributed by atoms with E-state index in [2.05, 4.69) is 10.2 Å². The Bertz CT molecular complexity index is 315. The molecule has 2 rings (SSSR count). The second-order valence-corrected chi connectivity index (χ2v) is 3.06. The van der Waals surface area contributed by atoms with E-state index in [4.69, 9.17) is 9.84 Å². The number of aromatic nitrogens is 2. The summed E-state index contributed by atoms with van der Waals surface area (Å²) in [6, 6.07) is 0. The molecule has 0 spiro atoms. The molecular formula is C8H10N2O3. The largest absolute Gasteiger partial charge is 0.478 e. The minimum atomic E-state index is -0.935. The summed E-state index contributed by atoms with van der Waals surface area (Å²) < 4.78 is 5.17. The molecule has 2 heterocycles. The number of carboxylic acids is 1. The molecule has 1 aromatic heterocycles. The van der Waals surface area contributed by atoms with Crippen molar-refractivity contribution in [2.24, 2.45) is 0 Å². The lowest BCUT2D eigenvalue weighted by molar-refractivity contribution is 0.0695. The van der Waals surface area contributed by atoms with E-state index in [1.165, 1.54) is 6.20 Å². The summed E-state index contributed by atoms with van der Waals surface area (Å²) in [5.41, 5.74) is 0.945. The number of carboxylic acid groups (broad SMARTS) is 1. The Morgan fingerprint density at radius 1 is 1.77 bits per heavy atom. The molecular weight excluding hydrogens is 172 g/mol. The normalized spacial score (nSPS) is 22.0. The Balaban J connectivity index is 2.28. The lowest BCUT2D eigenvalue weighted by atomic mass is 10.0. The number of ether oxygens (including phenoxy) is 1. The van der Waals surface area contributed by atoms with Crippen LogP contribution in [0.5, 0.6) is 0 Å². The van der Waals surface area contributed by atoms with Crippen LogP contribution < -0.4 is 0 Å². The summed E-state index contributed by atoms with van der Waals surface area (Å²) in [4.78, 5) is 10.7. The maximum Gasteiger partial charge on any atom is 0.339 e. The Kier molecular flexibility index (Phi) is 2.02. The third-order valence-corrected chi connectivity index (χ3v) is 2.24. The van der Waals surface area contributed by atoms with Gasteiger partial charge in [0.05, 0.1) is 18.5 Å². The fraction of sp³-hybridized carbons (Fsp3) is 0.500. The predicted octanol–water partition coefficient (Wildman–Crippen LogP) is 0.612. The van der Waals surface area contributed by atoms with Crippen molar-refractivity contribution in [3.63, 3.8) is 0 Å². The van der Waals surface area contributed by atoms with E-state index in [1.807, 2.05) is 0 Å². The zero-order chi connectivity index (χ0) is 9.26. The van der Waals surface area contributed by atoms with Crippen molar-refractivity contribution in [3.05, 3.63) is 17.5 Å². The predicted molar refractivity (Wildman–Crippen MR) is 43.7 cm³/mol. The van der Waals surface area contributed by atoms with Gasteiger partial charge in [0.2, 0.25) is 0 Å². The smallest absolute Gasteiger partial charge is 0.339 e. The van der Waals surface area contributed by atoms with Gasteiger partial charge < -0.3 is 9.84 Å². The quantitative estimate of drug-likeness (QED) is 0.702. The highest BCUT2D eigenvalue weighted by Crippen LogP contribution is 2.25. The van der Waals surface area contributed by atoms with Gasteiger partial charge in [-0.05, 0) is 6.42 Å². The fourth-order valence-electron chi connectivity index (χ4n) is 1.54. The van der Waals surface area contributed by atoms with E-state index in [9.17, 15) is 4.79 Å². The van der Waals surface area contributed by atoms with Crippen LogP contribution in [-0.4, -0.2) is 34.5 Å². The maximum absolute atomic E-state index is 10.7. The molecule has 0 saturated carbocycles. The number of hydrogen-bond acceptors (Lipinski definition) is 3. The molecule has 1 aromatic rings. The van der Waals surface area contributed by atoms with Crippen LogP contribution in [0.1, 0.15) is 28.4 Å². The van der Waals surface area contributed by atoms with E-state index in [-0.39, 0.29) is 11.5 Å². The van der Waals surface area contributed by atoms with Crippen LogP contribution >= 0.6 is 0 Å². The summed E-state index contributed by atoms with van der Waals surface area (Å²) in [5.74, 6) is -0.774. The van der Waals surface area contributed by atoms with Gasteiger partial charge in [-0.25, -0.2) is 4.79 Å². The molecule has 1 saturated heterocycles. The van der Waals surface area contributed by atoms with Crippen LogP contribution in [0.25, 0.3) is 0 Å². The molecule has 1 aliphatic heterocycles. The summed E-state index contributed by atoms with van der Waals surface area (Å²) in [7, 11) is 0. The highest BCUT2D eigenvalue weighted by molar-refractivity contribution is 5.88. The molecule has 0 amide bonds. The minimum Gasteiger partial charge on any atom is -0.478 e. The van der Waals surface area contributed by atoms with Gasteiger partial charge >= 0.3 is 5.97 Å². The van der Waals surface area contributed by atoms with Gasteiger partial charge in [-0.15, -0.1) is 0 Å². The first-order valence-electron chi connectivity index (χ1n) is 4.13. The number of H-pyrrole nitrogens is 1. The number of nitrogens with one attached hydrogen (secondary N) is 1. The van der Waals surface area contributed by atoms with Gasteiger partial charge in [-0.3, -0.25) is 5.10 Å². The van der Waals surface area contributed by atoms with E-state index in [0.29, 0.717) is 18.9 Å². The molecule has 2 N–H and O–H groups in total. The van der Waals surface area contributed by atoms with E-state index >= 15 is 0 Å². The molecule has 0 radical (unpaired) electrons. The summed E-state index contributed by atoms with van der Waals surface area (Å²) >= 11 is 0. The van der Waals surface area contributed by atoms with E-state index < -0.39 is 5.97 Å². The van der Waals surface area contributed by atoms with Gasteiger partial charge in [-0.1, -0.05) is 0 Å². The maximum atomic E-state index is 10.7. The summed E-state index contributed by atoms with van der Waals surface area (Å²) in [6.07, 6.45) is 2.21. The third-order valence-electron chi connectivity index (χ3n) is 2.24. The average molecular weight is 182 g/mol. The summed E-state index contributed by atoms with van der Waals surface area (Å²) in [5, 5.41) is 15.3. The standard InChI is InChI=1S/C8H10N2O3/c11-8(12)6-3-9-10-7(6)5-1-2-13-4-5/h3,5H,1-2,4H2,(H,9,10)(H,11,12). The first kappa shape index (κ1) is 8.25. The lowest BCUT2D eigenvalue weighted by Crippen LogP contribution is -2.05. The number of aromatic amines is 1. The first-order valence-corrected chi connectivity index (χ1v) is 4.13. The molecule has 13 heavy (non-hydrogen) atoms. The number of aromatic carboxylic acids is 1. The Morgan fingerprint density at radius 2 is 2.62 bits per heavy atom. The van der Waals surface area contributed by atoms with Gasteiger partial charge in [0.25, 0.3) is 0 Å². The number of rotatable bonds is 2. The van der Waals surface area contributed by atoms with Crippen LogP contribution in [0.15, 0.2) is 6.20 Å². The van der Waals surface area contributed by atoms with Gasteiger partial charge in [0.1, 0.15) is 5.56 Å². The highest BCUT2D eigenvalue weighted by atomic mass is 16.5. The van der Waals surface area contributed by atoms with Gasteiger partial charge in [-0.2, -0.15) is 5.10 Å². The monoisotopic (exact) mass is 182 g/mol. The van der Waals surface area contributed by atoms with Crippen LogP contribution in [0.4, 0.5) is 0 Å². The summed E-state index contributed by atoms with van der Waals surface area (Å²) in [6.45, 7) is 1.28. The van der Waals surface area contributed by atoms with Crippen LogP contribution in [-0.2, 0) is 4.74 Å². The van der Waals surface area contributed by atoms with Crippen molar-refractivity contribution < 1.29 is 14.6 Å². The van der Waals surface area contributed by atoms with Gasteiger partial charge in [0, 0.05) is 12.5 Å². The van der Waals surface area contributed by atoms with Crippen molar-refractivity contribution in [1.82, 2.24) is 10.2 Å². The first-order chi connectivity index (χ1) is 6.29. The Labute approximate surface area is 74.7 Å². The van der Waals surface area contributed by atoms with Crippen LogP contribution in [0.3, 0.4) is 0 Å². The number of carbonyl (C=O) groups is 1. The zero-order valence-corrected chi connectivity index (χ0v) is 6.99. The van der Waals surface area contributed by atoms with Crippen LogP contribution in [0.2, 0.25) is 0 Å². The highest BCUT2D eigenvalue weighted by Gasteiger charge is 2.24. The van der Waals surface area contributed by atoms with Crippen molar-refractivity contribution in [3.8, 4) is 0 Å². The topological polar surface area (TPSA) is 75.2 Å². The molecule has 5 nitrogen and oxygen atoms in total. The van der Waals surface area contributed by atoms with Crippen molar-refractivity contribution in [1.29, 1.82) is 0 Å². The second-order valence-electron chi connectivity index (χ2n) is 3.06.